The van der Waals surface area contributed by atoms with E-state index in [9.17, 15) is 4.79 Å². The molecule has 1 amide bonds. The number of guanidine groups is 1. The Kier molecular flexibility index (Phi) is 10.0. The molecular weight excluding hydrogens is 533 g/mol. The van der Waals surface area contributed by atoms with Crippen molar-refractivity contribution in [3.05, 3.63) is 59.5 Å². The largest absolute Gasteiger partial charge is 0.459 e. The second-order valence-electron chi connectivity index (χ2n) is 8.08. The van der Waals surface area contributed by atoms with Gasteiger partial charge in [0.1, 0.15) is 0 Å². The maximum atomic E-state index is 12.5. The molecule has 1 N–H and O–H groups in total. The van der Waals surface area contributed by atoms with Crippen molar-refractivity contribution in [3.63, 3.8) is 0 Å². The fourth-order valence-corrected chi connectivity index (χ4v) is 4.13. The van der Waals surface area contributed by atoms with Gasteiger partial charge in [0.2, 0.25) is 0 Å². The van der Waals surface area contributed by atoms with Gasteiger partial charge in [-0.15, -0.1) is 24.0 Å². The molecule has 2 aromatic rings. The van der Waals surface area contributed by atoms with E-state index in [1.807, 2.05) is 4.90 Å². The molecule has 0 spiro atoms. The normalized spacial score (nSPS) is 17.5. The number of furan rings is 1. The molecule has 0 saturated carbocycles. The van der Waals surface area contributed by atoms with Gasteiger partial charge in [0.15, 0.2) is 11.7 Å². The first-order chi connectivity index (χ1) is 15.7. The van der Waals surface area contributed by atoms with Crippen LogP contribution in [-0.2, 0) is 17.8 Å². The molecule has 4 rings (SSSR count). The highest BCUT2D eigenvalue weighted by molar-refractivity contribution is 14.0. The first kappa shape index (κ1) is 25.5. The van der Waals surface area contributed by atoms with Crippen LogP contribution in [0.2, 0.25) is 0 Å². The van der Waals surface area contributed by atoms with Gasteiger partial charge in [-0.05, 0) is 30.2 Å². The number of carbonyl (C=O) groups excluding carboxylic acids is 1. The summed E-state index contributed by atoms with van der Waals surface area (Å²) in [4.78, 5) is 24.0. The molecule has 180 valence electrons. The van der Waals surface area contributed by atoms with Crippen LogP contribution in [0.25, 0.3) is 0 Å². The van der Waals surface area contributed by atoms with E-state index in [0.29, 0.717) is 25.4 Å². The fourth-order valence-electron chi connectivity index (χ4n) is 4.13. The monoisotopic (exact) mass is 567 g/mol. The van der Waals surface area contributed by atoms with Crippen LogP contribution in [0.1, 0.15) is 28.6 Å². The lowest BCUT2D eigenvalue weighted by Gasteiger charge is -2.36. The predicted molar refractivity (Wildman–Crippen MR) is 139 cm³/mol. The van der Waals surface area contributed by atoms with Gasteiger partial charge in [-0.3, -0.25) is 9.69 Å². The smallest absolute Gasteiger partial charge is 0.289 e. The second kappa shape index (κ2) is 13.0. The molecule has 2 saturated heterocycles. The number of hydrogen-bond donors (Lipinski definition) is 1. The third kappa shape index (κ3) is 6.94. The Hall–Kier alpha value is -2.11. The molecule has 2 aliphatic heterocycles. The lowest BCUT2D eigenvalue weighted by Crippen LogP contribution is -2.53. The Morgan fingerprint density at radius 3 is 2.33 bits per heavy atom. The summed E-state index contributed by atoms with van der Waals surface area (Å²) >= 11 is 0. The molecule has 0 atom stereocenters. The van der Waals surface area contributed by atoms with E-state index in [-0.39, 0.29) is 29.9 Å². The van der Waals surface area contributed by atoms with Gasteiger partial charge in [0.25, 0.3) is 5.91 Å². The van der Waals surface area contributed by atoms with Crippen molar-refractivity contribution in [2.45, 2.75) is 20.0 Å². The minimum atomic E-state index is -0.0476. The summed E-state index contributed by atoms with van der Waals surface area (Å²) in [5.41, 5.74) is 2.57. The van der Waals surface area contributed by atoms with Crippen molar-refractivity contribution >= 4 is 35.8 Å². The Balaban J connectivity index is 0.00000306. The van der Waals surface area contributed by atoms with Gasteiger partial charge < -0.3 is 24.3 Å². The van der Waals surface area contributed by atoms with Gasteiger partial charge in [-0.25, -0.2) is 4.99 Å². The highest BCUT2D eigenvalue weighted by atomic mass is 127. The lowest BCUT2D eigenvalue weighted by molar-refractivity contribution is 0.0341. The number of ether oxygens (including phenoxy) is 1. The van der Waals surface area contributed by atoms with Crippen LogP contribution in [0.3, 0.4) is 0 Å². The highest BCUT2D eigenvalue weighted by Gasteiger charge is 2.25. The van der Waals surface area contributed by atoms with E-state index in [1.54, 1.807) is 12.1 Å². The number of piperazine rings is 1. The number of benzene rings is 1. The molecule has 1 aromatic carbocycles. The Morgan fingerprint density at radius 1 is 0.970 bits per heavy atom. The zero-order valence-corrected chi connectivity index (χ0v) is 21.6. The van der Waals surface area contributed by atoms with Gasteiger partial charge in [0, 0.05) is 52.4 Å². The third-order valence-electron chi connectivity index (χ3n) is 5.95. The average Bonchev–Trinajstić information content (AvgIpc) is 3.38. The molecule has 8 nitrogen and oxygen atoms in total. The molecule has 0 bridgehead atoms. The molecule has 0 unspecified atom stereocenters. The molecule has 33 heavy (non-hydrogen) atoms. The maximum absolute atomic E-state index is 12.5. The standard InChI is InChI=1S/C24H33N5O3.HI/c1-2-25-24(29-11-9-28(10-12-29)23(30)22-8-5-15-32-22)26-18-20-6-3-4-7-21(20)19-27-13-16-31-17-14-27;/h3-8,15H,2,9-14,16-19H2,1H3,(H,25,26);1H. The van der Waals surface area contributed by atoms with Crippen molar-refractivity contribution < 1.29 is 13.9 Å². The van der Waals surface area contributed by atoms with E-state index in [2.05, 4.69) is 46.3 Å². The first-order valence-corrected chi connectivity index (χ1v) is 11.5. The van der Waals surface area contributed by atoms with E-state index in [1.165, 1.54) is 17.4 Å². The number of rotatable bonds is 6. The second-order valence-corrected chi connectivity index (χ2v) is 8.08. The number of aliphatic imine (C=N–C) groups is 1. The Morgan fingerprint density at radius 2 is 1.67 bits per heavy atom. The summed E-state index contributed by atoms with van der Waals surface area (Å²) < 4.78 is 10.7. The number of halogens is 1. The summed E-state index contributed by atoms with van der Waals surface area (Å²) in [7, 11) is 0. The minimum Gasteiger partial charge on any atom is -0.459 e. The van der Waals surface area contributed by atoms with Crippen LogP contribution in [0, 0.1) is 0 Å². The summed E-state index contributed by atoms with van der Waals surface area (Å²) in [5, 5.41) is 3.42. The number of nitrogens with one attached hydrogen (secondary N) is 1. The van der Waals surface area contributed by atoms with Crippen LogP contribution in [0.4, 0.5) is 0 Å². The van der Waals surface area contributed by atoms with Crippen molar-refractivity contribution in [3.8, 4) is 0 Å². The zero-order valence-electron chi connectivity index (χ0n) is 19.2. The van der Waals surface area contributed by atoms with E-state index >= 15 is 0 Å². The summed E-state index contributed by atoms with van der Waals surface area (Å²) in [6.07, 6.45) is 1.54. The summed E-state index contributed by atoms with van der Waals surface area (Å²) in [6, 6.07) is 12.0. The van der Waals surface area contributed by atoms with Crippen LogP contribution >= 0.6 is 24.0 Å². The van der Waals surface area contributed by atoms with E-state index < -0.39 is 0 Å². The number of carbonyl (C=O) groups is 1. The summed E-state index contributed by atoms with van der Waals surface area (Å²) in [6.45, 7) is 10.8. The number of amides is 1. The molecule has 9 heteroatoms. The Labute approximate surface area is 213 Å². The number of hydrogen-bond acceptors (Lipinski definition) is 5. The van der Waals surface area contributed by atoms with Gasteiger partial charge >= 0.3 is 0 Å². The van der Waals surface area contributed by atoms with Gasteiger partial charge in [0.05, 0.1) is 26.0 Å². The quantitative estimate of drug-likeness (QED) is 0.329. The zero-order chi connectivity index (χ0) is 22.2. The topological polar surface area (TPSA) is 73.6 Å². The minimum absolute atomic E-state index is 0. The van der Waals surface area contributed by atoms with Crippen LogP contribution in [0.5, 0.6) is 0 Å². The van der Waals surface area contributed by atoms with Crippen molar-refractivity contribution in [2.24, 2.45) is 4.99 Å². The molecule has 3 heterocycles. The first-order valence-electron chi connectivity index (χ1n) is 11.5. The third-order valence-corrected chi connectivity index (χ3v) is 5.95. The van der Waals surface area contributed by atoms with Gasteiger partial charge in [-0.1, -0.05) is 24.3 Å². The molecular formula is C24H34IN5O3. The summed E-state index contributed by atoms with van der Waals surface area (Å²) in [5.74, 6) is 1.25. The SMILES string of the molecule is CCNC(=NCc1ccccc1CN1CCOCC1)N1CCN(C(=O)c2ccco2)CC1.I. The molecule has 2 aliphatic rings. The van der Waals surface area contributed by atoms with Crippen molar-refractivity contribution in [1.29, 1.82) is 0 Å². The molecule has 0 aliphatic carbocycles. The molecule has 1 aromatic heterocycles. The van der Waals surface area contributed by atoms with Crippen molar-refractivity contribution in [1.82, 2.24) is 20.0 Å². The molecule has 0 radical (unpaired) electrons. The fraction of sp³-hybridized carbons (Fsp3) is 0.500. The lowest BCUT2D eigenvalue weighted by atomic mass is 10.1. The number of morpholine rings is 1. The van der Waals surface area contributed by atoms with Crippen LogP contribution in [0.15, 0.2) is 52.1 Å². The van der Waals surface area contributed by atoms with Crippen molar-refractivity contribution in [2.75, 3.05) is 59.0 Å². The number of nitrogens with zero attached hydrogens (tertiary/aromatic N) is 4. The Bertz CT molecular complexity index is 891. The van der Waals surface area contributed by atoms with Crippen LogP contribution < -0.4 is 5.32 Å². The van der Waals surface area contributed by atoms with Crippen LogP contribution in [-0.4, -0.2) is 85.6 Å². The molecule has 2 fully saturated rings. The average molecular weight is 567 g/mol. The highest BCUT2D eigenvalue weighted by Crippen LogP contribution is 2.15. The van der Waals surface area contributed by atoms with Gasteiger partial charge in [-0.2, -0.15) is 0 Å². The maximum Gasteiger partial charge on any atom is 0.289 e. The van der Waals surface area contributed by atoms with E-state index in [0.717, 1.165) is 58.4 Å². The van der Waals surface area contributed by atoms with E-state index in [4.69, 9.17) is 14.1 Å². The predicted octanol–water partition coefficient (Wildman–Crippen LogP) is 2.65.